The molecule has 1 aromatic carbocycles. The molecule has 0 aromatic heterocycles. The molecule has 1 heterocycles. The Morgan fingerprint density at radius 2 is 2.14 bits per heavy atom. The standard InChI is InChI=1S/C17H26N2O3/c1-3-22-12-14-5-4-6-15(11-14)19-16(20)17(13-21-2)7-9-18-10-8-17/h4-6,11,18H,3,7-10,12-13H2,1-2H3,(H,19,20). The number of piperidine rings is 1. The lowest BCUT2D eigenvalue weighted by Gasteiger charge is -2.35. The van der Waals surface area contributed by atoms with Crippen LogP contribution in [-0.2, 0) is 20.9 Å². The highest BCUT2D eigenvalue weighted by Gasteiger charge is 2.39. The molecule has 1 fully saturated rings. The third-order valence-corrected chi connectivity index (χ3v) is 4.12. The van der Waals surface area contributed by atoms with Crippen molar-refractivity contribution in [2.45, 2.75) is 26.4 Å². The number of anilines is 1. The molecule has 122 valence electrons. The summed E-state index contributed by atoms with van der Waals surface area (Å²) in [5.74, 6) is 0.0457. The number of benzene rings is 1. The molecular formula is C17H26N2O3. The molecule has 1 saturated heterocycles. The molecule has 5 heteroatoms. The Bertz CT molecular complexity index is 479. The van der Waals surface area contributed by atoms with E-state index in [4.69, 9.17) is 9.47 Å². The fraction of sp³-hybridized carbons (Fsp3) is 0.588. The Balaban J connectivity index is 2.06. The van der Waals surface area contributed by atoms with E-state index >= 15 is 0 Å². The Kier molecular flexibility index (Phi) is 6.36. The van der Waals surface area contributed by atoms with Crippen molar-refractivity contribution in [2.24, 2.45) is 5.41 Å². The van der Waals surface area contributed by atoms with Gasteiger partial charge in [-0.1, -0.05) is 12.1 Å². The first-order valence-corrected chi connectivity index (χ1v) is 7.88. The minimum Gasteiger partial charge on any atom is -0.384 e. The van der Waals surface area contributed by atoms with E-state index in [2.05, 4.69) is 10.6 Å². The Morgan fingerprint density at radius 3 is 2.82 bits per heavy atom. The summed E-state index contributed by atoms with van der Waals surface area (Å²) in [5.41, 5.74) is 1.44. The molecule has 1 aliphatic rings. The predicted molar refractivity (Wildman–Crippen MR) is 86.8 cm³/mol. The number of nitrogens with one attached hydrogen (secondary N) is 2. The molecular weight excluding hydrogens is 280 g/mol. The largest absolute Gasteiger partial charge is 0.384 e. The molecule has 0 atom stereocenters. The van der Waals surface area contributed by atoms with Crippen LogP contribution in [-0.4, -0.2) is 39.3 Å². The second-order valence-corrected chi connectivity index (χ2v) is 5.75. The maximum Gasteiger partial charge on any atom is 0.233 e. The Hall–Kier alpha value is -1.43. The van der Waals surface area contributed by atoms with Gasteiger partial charge in [0.1, 0.15) is 0 Å². The highest BCUT2D eigenvalue weighted by molar-refractivity contribution is 5.95. The molecule has 22 heavy (non-hydrogen) atoms. The normalized spacial score (nSPS) is 17.2. The maximum absolute atomic E-state index is 12.8. The molecule has 0 spiro atoms. The minimum atomic E-state index is -0.435. The highest BCUT2D eigenvalue weighted by Crippen LogP contribution is 2.31. The van der Waals surface area contributed by atoms with Crippen molar-refractivity contribution in [3.8, 4) is 0 Å². The topological polar surface area (TPSA) is 59.6 Å². The van der Waals surface area contributed by atoms with Crippen molar-refractivity contribution in [3.63, 3.8) is 0 Å². The first-order valence-electron chi connectivity index (χ1n) is 7.88. The van der Waals surface area contributed by atoms with Gasteiger partial charge < -0.3 is 20.1 Å². The molecule has 2 rings (SSSR count). The van der Waals surface area contributed by atoms with Gasteiger partial charge in [-0.15, -0.1) is 0 Å². The summed E-state index contributed by atoms with van der Waals surface area (Å²) in [4.78, 5) is 12.8. The second kappa shape index (κ2) is 8.27. The molecule has 1 aromatic rings. The number of rotatable bonds is 7. The van der Waals surface area contributed by atoms with Gasteiger partial charge in [-0.05, 0) is 50.6 Å². The van der Waals surface area contributed by atoms with Crippen molar-refractivity contribution >= 4 is 11.6 Å². The smallest absolute Gasteiger partial charge is 0.233 e. The van der Waals surface area contributed by atoms with E-state index in [0.29, 0.717) is 19.8 Å². The quantitative estimate of drug-likeness (QED) is 0.810. The Morgan fingerprint density at radius 1 is 1.36 bits per heavy atom. The zero-order valence-electron chi connectivity index (χ0n) is 13.5. The van der Waals surface area contributed by atoms with E-state index in [1.54, 1.807) is 7.11 Å². The first-order chi connectivity index (χ1) is 10.7. The third kappa shape index (κ3) is 4.29. The van der Waals surface area contributed by atoms with Crippen LogP contribution in [0.5, 0.6) is 0 Å². The highest BCUT2D eigenvalue weighted by atomic mass is 16.5. The summed E-state index contributed by atoms with van der Waals surface area (Å²) in [5, 5.41) is 6.35. The predicted octanol–water partition coefficient (Wildman–Crippen LogP) is 2.18. The van der Waals surface area contributed by atoms with E-state index in [0.717, 1.165) is 37.2 Å². The molecule has 1 aliphatic heterocycles. The minimum absolute atomic E-state index is 0.0457. The average Bonchev–Trinajstić information content (AvgIpc) is 2.54. The van der Waals surface area contributed by atoms with Gasteiger partial charge in [0.25, 0.3) is 0 Å². The SMILES string of the molecule is CCOCc1cccc(NC(=O)C2(COC)CCNCC2)c1. The lowest BCUT2D eigenvalue weighted by Crippen LogP contribution is -2.47. The Labute approximate surface area is 132 Å². The third-order valence-electron chi connectivity index (χ3n) is 4.12. The van der Waals surface area contributed by atoms with Crippen LogP contribution in [0, 0.1) is 5.41 Å². The molecule has 1 amide bonds. The lowest BCUT2D eigenvalue weighted by molar-refractivity contribution is -0.130. The van der Waals surface area contributed by atoms with E-state index < -0.39 is 5.41 Å². The van der Waals surface area contributed by atoms with Crippen molar-refractivity contribution in [1.82, 2.24) is 5.32 Å². The summed E-state index contributed by atoms with van der Waals surface area (Å²) >= 11 is 0. The number of carbonyl (C=O) groups excluding carboxylic acids is 1. The second-order valence-electron chi connectivity index (χ2n) is 5.75. The van der Waals surface area contributed by atoms with Gasteiger partial charge in [0.05, 0.1) is 18.6 Å². The number of ether oxygens (including phenoxy) is 2. The van der Waals surface area contributed by atoms with Gasteiger partial charge >= 0.3 is 0 Å². The van der Waals surface area contributed by atoms with Gasteiger partial charge in [-0.3, -0.25) is 4.79 Å². The summed E-state index contributed by atoms with van der Waals surface area (Å²) < 4.78 is 10.7. The molecule has 0 unspecified atom stereocenters. The van der Waals surface area contributed by atoms with Crippen LogP contribution in [0.1, 0.15) is 25.3 Å². The van der Waals surface area contributed by atoms with E-state index in [1.807, 2.05) is 31.2 Å². The summed E-state index contributed by atoms with van der Waals surface area (Å²) in [6.45, 7) is 5.37. The monoisotopic (exact) mass is 306 g/mol. The summed E-state index contributed by atoms with van der Waals surface area (Å²) in [6.07, 6.45) is 1.59. The van der Waals surface area contributed by atoms with Crippen molar-refractivity contribution < 1.29 is 14.3 Å². The van der Waals surface area contributed by atoms with Crippen LogP contribution in [0.4, 0.5) is 5.69 Å². The van der Waals surface area contributed by atoms with Crippen LogP contribution in [0.25, 0.3) is 0 Å². The number of hydrogen-bond donors (Lipinski definition) is 2. The molecule has 0 saturated carbocycles. The van der Waals surface area contributed by atoms with Crippen LogP contribution in [0.2, 0.25) is 0 Å². The summed E-state index contributed by atoms with van der Waals surface area (Å²) in [6, 6.07) is 7.82. The van der Waals surface area contributed by atoms with E-state index in [9.17, 15) is 4.79 Å². The molecule has 0 aliphatic carbocycles. The van der Waals surface area contributed by atoms with Gasteiger partial charge in [0, 0.05) is 19.4 Å². The van der Waals surface area contributed by atoms with Crippen LogP contribution >= 0.6 is 0 Å². The molecule has 2 N–H and O–H groups in total. The van der Waals surface area contributed by atoms with Crippen LogP contribution < -0.4 is 10.6 Å². The zero-order chi connectivity index (χ0) is 15.8. The fourth-order valence-electron chi connectivity index (χ4n) is 2.84. The van der Waals surface area contributed by atoms with Gasteiger partial charge in [-0.2, -0.15) is 0 Å². The van der Waals surface area contributed by atoms with Crippen molar-refractivity contribution in [3.05, 3.63) is 29.8 Å². The number of amides is 1. The number of hydrogen-bond acceptors (Lipinski definition) is 4. The van der Waals surface area contributed by atoms with Gasteiger partial charge in [0.15, 0.2) is 0 Å². The molecule has 0 bridgehead atoms. The number of carbonyl (C=O) groups is 1. The van der Waals surface area contributed by atoms with Crippen LogP contribution in [0.3, 0.4) is 0 Å². The lowest BCUT2D eigenvalue weighted by atomic mass is 9.78. The average molecular weight is 306 g/mol. The fourth-order valence-corrected chi connectivity index (χ4v) is 2.84. The van der Waals surface area contributed by atoms with Crippen LogP contribution in [0.15, 0.2) is 24.3 Å². The van der Waals surface area contributed by atoms with Gasteiger partial charge in [-0.25, -0.2) is 0 Å². The summed E-state index contributed by atoms with van der Waals surface area (Å²) in [7, 11) is 1.65. The van der Waals surface area contributed by atoms with Crippen molar-refractivity contribution in [1.29, 1.82) is 0 Å². The van der Waals surface area contributed by atoms with Crippen molar-refractivity contribution in [2.75, 3.05) is 38.7 Å². The van der Waals surface area contributed by atoms with E-state index in [1.165, 1.54) is 0 Å². The number of methoxy groups -OCH3 is 1. The maximum atomic E-state index is 12.8. The molecule has 0 radical (unpaired) electrons. The first kappa shape index (κ1) is 16.9. The molecule has 5 nitrogen and oxygen atoms in total. The van der Waals surface area contributed by atoms with Gasteiger partial charge in [0.2, 0.25) is 5.91 Å². The zero-order valence-corrected chi connectivity index (χ0v) is 13.5. The van der Waals surface area contributed by atoms with E-state index in [-0.39, 0.29) is 5.91 Å².